The van der Waals surface area contributed by atoms with Crippen molar-refractivity contribution >= 4 is 27.4 Å². The predicted molar refractivity (Wildman–Crippen MR) is 77.8 cm³/mol. The summed E-state index contributed by atoms with van der Waals surface area (Å²) < 4.78 is 20.2. The van der Waals surface area contributed by atoms with Gasteiger partial charge in [-0.1, -0.05) is 0 Å². The van der Waals surface area contributed by atoms with E-state index >= 15 is 0 Å². The minimum absolute atomic E-state index is 0.178. The van der Waals surface area contributed by atoms with E-state index in [-0.39, 0.29) is 11.8 Å². The van der Waals surface area contributed by atoms with Crippen LogP contribution in [0.4, 0.5) is 4.39 Å². The minimum Gasteiger partial charge on any atom is -0.462 e. The number of halogens is 1. The number of likely N-dealkylation sites (N-methyl/N-ethyl adjacent to an activating group) is 1. The SMILES string of the molecule is CCOC(=O)c1sc2ccc(F)c3c2c1CN(C)CC3. The van der Waals surface area contributed by atoms with E-state index in [1.54, 1.807) is 13.0 Å². The van der Waals surface area contributed by atoms with Crippen molar-refractivity contribution in [2.45, 2.75) is 19.9 Å². The lowest BCUT2D eigenvalue weighted by Gasteiger charge is -2.13. The van der Waals surface area contributed by atoms with E-state index < -0.39 is 0 Å². The normalized spacial score (nSPS) is 15.3. The van der Waals surface area contributed by atoms with Crippen molar-refractivity contribution in [3.63, 3.8) is 0 Å². The monoisotopic (exact) mass is 293 g/mol. The summed E-state index contributed by atoms with van der Waals surface area (Å²) >= 11 is 1.40. The van der Waals surface area contributed by atoms with Crippen molar-refractivity contribution < 1.29 is 13.9 Å². The van der Waals surface area contributed by atoms with E-state index in [9.17, 15) is 9.18 Å². The summed E-state index contributed by atoms with van der Waals surface area (Å²) in [5.41, 5.74) is 1.64. The fourth-order valence-corrected chi connectivity index (χ4v) is 3.85. The molecule has 0 fully saturated rings. The molecule has 0 atom stereocenters. The molecule has 2 heterocycles. The predicted octanol–water partition coefficient (Wildman–Crippen LogP) is 3.21. The van der Waals surface area contributed by atoms with Crippen molar-refractivity contribution in [3.8, 4) is 0 Å². The number of carbonyl (C=O) groups excluding carboxylic acids is 1. The van der Waals surface area contributed by atoms with Crippen molar-refractivity contribution in [2.75, 3.05) is 20.2 Å². The molecule has 1 aliphatic rings. The highest BCUT2D eigenvalue weighted by Gasteiger charge is 2.25. The van der Waals surface area contributed by atoms with E-state index in [0.717, 1.165) is 27.8 Å². The largest absolute Gasteiger partial charge is 0.462 e. The average Bonchev–Trinajstić information content (AvgIpc) is 2.67. The van der Waals surface area contributed by atoms with Crippen LogP contribution in [0.1, 0.15) is 27.7 Å². The van der Waals surface area contributed by atoms with Gasteiger partial charge < -0.3 is 9.64 Å². The van der Waals surface area contributed by atoms with Gasteiger partial charge in [-0.25, -0.2) is 9.18 Å². The van der Waals surface area contributed by atoms with Crippen LogP contribution in [0.5, 0.6) is 0 Å². The Hall–Kier alpha value is -1.46. The summed E-state index contributed by atoms with van der Waals surface area (Å²) in [5, 5.41) is 0.919. The van der Waals surface area contributed by atoms with Gasteiger partial charge >= 0.3 is 5.97 Å². The molecular formula is C15H16FNO2S. The van der Waals surface area contributed by atoms with E-state index in [1.165, 1.54) is 17.4 Å². The van der Waals surface area contributed by atoms with Crippen LogP contribution in [-0.2, 0) is 17.7 Å². The molecule has 0 bridgehead atoms. The van der Waals surface area contributed by atoms with Gasteiger partial charge in [-0.3, -0.25) is 0 Å². The second-order valence-corrected chi connectivity index (χ2v) is 6.07. The van der Waals surface area contributed by atoms with Crippen LogP contribution < -0.4 is 0 Å². The fraction of sp³-hybridized carbons (Fsp3) is 0.400. The summed E-state index contributed by atoms with van der Waals surface area (Å²) in [4.78, 5) is 14.8. The van der Waals surface area contributed by atoms with Gasteiger partial charge in [0.05, 0.1) is 6.61 Å². The number of ether oxygens (including phenoxy) is 1. The molecule has 0 amide bonds. The molecule has 0 aliphatic carbocycles. The first-order valence-corrected chi connectivity index (χ1v) is 7.52. The summed E-state index contributed by atoms with van der Waals surface area (Å²) in [6.45, 7) is 3.59. The van der Waals surface area contributed by atoms with Crippen LogP contribution in [0.3, 0.4) is 0 Å². The van der Waals surface area contributed by atoms with Crippen LogP contribution >= 0.6 is 11.3 Å². The van der Waals surface area contributed by atoms with Crippen LogP contribution in [0, 0.1) is 5.82 Å². The van der Waals surface area contributed by atoms with Crippen molar-refractivity contribution in [2.24, 2.45) is 0 Å². The first kappa shape index (κ1) is 13.5. The molecule has 0 saturated carbocycles. The number of nitrogens with zero attached hydrogens (tertiary/aromatic N) is 1. The van der Waals surface area contributed by atoms with E-state index in [2.05, 4.69) is 4.90 Å². The lowest BCUT2D eigenvalue weighted by molar-refractivity contribution is 0.0530. The molecule has 106 valence electrons. The molecule has 0 N–H and O–H groups in total. The summed E-state index contributed by atoms with van der Waals surface area (Å²) in [5.74, 6) is -0.479. The maximum absolute atomic E-state index is 14.1. The summed E-state index contributed by atoms with van der Waals surface area (Å²) in [6, 6.07) is 3.26. The number of esters is 1. The molecule has 0 unspecified atom stereocenters. The molecule has 1 aliphatic heterocycles. The third kappa shape index (κ3) is 2.11. The highest BCUT2D eigenvalue weighted by atomic mass is 32.1. The highest BCUT2D eigenvalue weighted by molar-refractivity contribution is 7.21. The Bertz CT molecular complexity index is 680. The van der Waals surface area contributed by atoms with E-state index in [0.29, 0.717) is 24.4 Å². The van der Waals surface area contributed by atoms with Gasteiger partial charge in [-0.05, 0) is 43.7 Å². The number of hydrogen-bond acceptors (Lipinski definition) is 4. The maximum atomic E-state index is 14.1. The summed E-state index contributed by atoms with van der Waals surface area (Å²) in [7, 11) is 1.99. The number of rotatable bonds is 2. The number of hydrogen-bond donors (Lipinski definition) is 0. The second-order valence-electron chi connectivity index (χ2n) is 5.02. The molecule has 5 heteroatoms. The van der Waals surface area contributed by atoms with Crippen molar-refractivity contribution in [1.29, 1.82) is 0 Å². The Kier molecular flexibility index (Phi) is 3.48. The topological polar surface area (TPSA) is 29.5 Å². The Morgan fingerprint density at radius 3 is 3.00 bits per heavy atom. The standard InChI is InChI=1S/C15H16FNO2S/c1-3-19-15(18)14-10-8-17(2)7-6-9-11(16)4-5-12(20-14)13(9)10/h4-5H,3,6-8H2,1-2H3. The number of benzene rings is 1. The third-order valence-corrected chi connectivity index (χ3v) is 4.82. The zero-order chi connectivity index (χ0) is 14.3. The fourth-order valence-electron chi connectivity index (χ4n) is 2.71. The molecule has 3 nitrogen and oxygen atoms in total. The van der Waals surface area contributed by atoms with Crippen LogP contribution in [-0.4, -0.2) is 31.1 Å². The lowest BCUT2D eigenvalue weighted by atomic mass is 10.0. The summed E-state index contributed by atoms with van der Waals surface area (Å²) in [6.07, 6.45) is 0.672. The molecule has 0 radical (unpaired) electrons. The Morgan fingerprint density at radius 1 is 1.45 bits per heavy atom. The van der Waals surface area contributed by atoms with Crippen LogP contribution in [0.15, 0.2) is 12.1 Å². The van der Waals surface area contributed by atoms with Crippen LogP contribution in [0.25, 0.3) is 10.1 Å². The van der Waals surface area contributed by atoms with Crippen LogP contribution in [0.2, 0.25) is 0 Å². The van der Waals surface area contributed by atoms with E-state index in [1.807, 2.05) is 7.05 Å². The molecule has 0 spiro atoms. The van der Waals surface area contributed by atoms with Gasteiger partial charge in [0.15, 0.2) is 0 Å². The molecule has 1 aromatic carbocycles. The van der Waals surface area contributed by atoms with Crippen molar-refractivity contribution in [1.82, 2.24) is 4.90 Å². The highest BCUT2D eigenvalue weighted by Crippen LogP contribution is 2.37. The van der Waals surface area contributed by atoms with Gasteiger partial charge in [-0.15, -0.1) is 11.3 Å². The lowest BCUT2D eigenvalue weighted by Crippen LogP contribution is -2.19. The Labute approximate surface area is 121 Å². The molecule has 2 aromatic rings. The second kappa shape index (κ2) is 5.14. The first-order valence-electron chi connectivity index (χ1n) is 6.70. The van der Waals surface area contributed by atoms with Gasteiger partial charge in [0.1, 0.15) is 10.7 Å². The van der Waals surface area contributed by atoms with Gasteiger partial charge in [0, 0.05) is 23.2 Å². The third-order valence-electron chi connectivity index (χ3n) is 3.64. The Balaban J connectivity index is 2.25. The quantitative estimate of drug-likeness (QED) is 0.796. The van der Waals surface area contributed by atoms with Gasteiger partial charge in [0.25, 0.3) is 0 Å². The van der Waals surface area contributed by atoms with Gasteiger partial charge in [0.2, 0.25) is 0 Å². The molecular weight excluding hydrogens is 277 g/mol. The Morgan fingerprint density at radius 2 is 2.25 bits per heavy atom. The zero-order valence-electron chi connectivity index (χ0n) is 11.5. The minimum atomic E-state index is -0.301. The maximum Gasteiger partial charge on any atom is 0.348 e. The smallest absolute Gasteiger partial charge is 0.348 e. The number of thiophene rings is 1. The molecule has 20 heavy (non-hydrogen) atoms. The molecule has 1 aromatic heterocycles. The van der Waals surface area contributed by atoms with E-state index in [4.69, 9.17) is 4.74 Å². The first-order chi connectivity index (χ1) is 9.61. The average molecular weight is 293 g/mol. The number of carbonyl (C=O) groups is 1. The zero-order valence-corrected chi connectivity index (χ0v) is 12.3. The molecule has 0 saturated heterocycles. The van der Waals surface area contributed by atoms with Gasteiger partial charge in [-0.2, -0.15) is 0 Å². The molecule has 3 rings (SSSR count). The van der Waals surface area contributed by atoms with Crippen molar-refractivity contribution in [3.05, 3.63) is 34.0 Å².